The molecule has 1 aromatic heterocycles. The van der Waals surface area contributed by atoms with Crippen LogP contribution in [-0.4, -0.2) is 49.0 Å². The van der Waals surface area contributed by atoms with Crippen LogP contribution in [0.3, 0.4) is 0 Å². The fourth-order valence-corrected chi connectivity index (χ4v) is 4.60. The van der Waals surface area contributed by atoms with Gasteiger partial charge in [-0.15, -0.1) is 0 Å². The molecule has 3 rings (SSSR count). The van der Waals surface area contributed by atoms with E-state index < -0.39 is 16.3 Å². The first-order valence-electron chi connectivity index (χ1n) is 10.1. The fourth-order valence-electron chi connectivity index (χ4n) is 3.34. The number of aliphatic hydroxyl groups excluding tert-OH is 1. The smallest absolute Gasteiger partial charge is 0.301 e. The molecule has 0 unspecified atom stereocenters. The highest BCUT2D eigenvalue weighted by Gasteiger charge is 2.26. The molecule has 158 valence electrons. The number of hydrogen-bond acceptors (Lipinski definition) is 5. The maximum absolute atomic E-state index is 12.5. The van der Waals surface area contributed by atoms with E-state index in [0.29, 0.717) is 37.8 Å². The van der Waals surface area contributed by atoms with E-state index in [2.05, 4.69) is 21.9 Å². The van der Waals surface area contributed by atoms with E-state index >= 15 is 0 Å². The molecule has 0 spiro atoms. The first kappa shape index (κ1) is 21.7. The summed E-state index contributed by atoms with van der Waals surface area (Å²) < 4.78 is 29.2. The molecule has 0 aliphatic carbocycles. The van der Waals surface area contributed by atoms with Crippen molar-refractivity contribution in [3.8, 4) is 0 Å². The highest BCUT2D eigenvalue weighted by atomic mass is 32.2. The molecule has 29 heavy (non-hydrogen) atoms. The highest BCUT2D eigenvalue weighted by molar-refractivity contribution is 7.90. The number of benzene rings is 1. The molecule has 1 aromatic carbocycles. The summed E-state index contributed by atoms with van der Waals surface area (Å²) in [5.74, 6) is 0.583. The van der Waals surface area contributed by atoms with Crippen LogP contribution in [0.25, 0.3) is 0 Å². The van der Waals surface area contributed by atoms with Gasteiger partial charge in [0.25, 0.3) is 0 Å². The van der Waals surface area contributed by atoms with Gasteiger partial charge in [-0.05, 0) is 55.5 Å². The molecule has 1 fully saturated rings. The average Bonchev–Trinajstić information content (AvgIpc) is 2.73. The van der Waals surface area contributed by atoms with Crippen molar-refractivity contribution in [2.45, 2.75) is 32.3 Å². The van der Waals surface area contributed by atoms with E-state index in [1.807, 2.05) is 18.2 Å². The number of aliphatic hydroxyl groups is 1. The third kappa shape index (κ3) is 6.50. The predicted molar refractivity (Wildman–Crippen MR) is 115 cm³/mol. The Morgan fingerprint density at radius 1 is 1.21 bits per heavy atom. The normalized spacial score (nSPS) is 17.2. The molecule has 1 aliphatic heterocycles. The summed E-state index contributed by atoms with van der Waals surface area (Å²) in [5, 5.41) is 13.3. The number of piperidine rings is 1. The molecule has 0 bridgehead atoms. The zero-order valence-corrected chi connectivity index (χ0v) is 17.6. The van der Waals surface area contributed by atoms with Crippen LogP contribution in [0.2, 0.25) is 0 Å². The van der Waals surface area contributed by atoms with Gasteiger partial charge in [0, 0.05) is 43.3 Å². The maximum Gasteiger partial charge on any atom is 0.301 e. The Bertz CT molecular complexity index is 851. The van der Waals surface area contributed by atoms with Crippen molar-refractivity contribution in [1.82, 2.24) is 14.6 Å². The molecule has 1 atom stereocenters. The van der Waals surface area contributed by atoms with E-state index in [4.69, 9.17) is 0 Å². The maximum atomic E-state index is 12.5. The second kappa shape index (κ2) is 10.2. The Kier molecular flexibility index (Phi) is 7.60. The van der Waals surface area contributed by atoms with E-state index in [9.17, 15) is 13.5 Å². The van der Waals surface area contributed by atoms with Gasteiger partial charge in [-0.25, -0.2) is 0 Å². The van der Waals surface area contributed by atoms with Crippen molar-refractivity contribution >= 4 is 15.9 Å². The van der Waals surface area contributed by atoms with E-state index in [1.165, 1.54) is 4.31 Å². The van der Waals surface area contributed by atoms with Crippen molar-refractivity contribution in [2.75, 3.05) is 30.9 Å². The SMILES string of the molecule is CC1CCN(S(=O)(=O)Nc2ccc(CCNC[C@H](O)c3cccnc3)cc2)CC1. The van der Waals surface area contributed by atoms with Gasteiger partial charge in [-0.1, -0.05) is 25.1 Å². The lowest BCUT2D eigenvalue weighted by atomic mass is 10.0. The molecule has 0 radical (unpaired) electrons. The second-order valence-electron chi connectivity index (χ2n) is 7.64. The molecular weight excluding hydrogens is 388 g/mol. The van der Waals surface area contributed by atoms with Crippen LogP contribution in [0.15, 0.2) is 48.8 Å². The molecule has 1 aliphatic rings. The lowest BCUT2D eigenvalue weighted by Crippen LogP contribution is -2.41. The van der Waals surface area contributed by atoms with Gasteiger partial charge in [-0.2, -0.15) is 12.7 Å². The molecule has 7 nitrogen and oxygen atoms in total. The Morgan fingerprint density at radius 2 is 1.93 bits per heavy atom. The Hall–Kier alpha value is -2.00. The van der Waals surface area contributed by atoms with Crippen molar-refractivity contribution in [1.29, 1.82) is 0 Å². The van der Waals surface area contributed by atoms with Crippen molar-refractivity contribution < 1.29 is 13.5 Å². The van der Waals surface area contributed by atoms with Gasteiger partial charge in [0.05, 0.1) is 6.10 Å². The summed E-state index contributed by atoms with van der Waals surface area (Å²) in [6.45, 7) is 4.48. The zero-order chi connectivity index (χ0) is 20.7. The van der Waals surface area contributed by atoms with Crippen LogP contribution in [-0.2, 0) is 16.6 Å². The Labute approximate surface area is 173 Å². The van der Waals surface area contributed by atoms with Crippen LogP contribution >= 0.6 is 0 Å². The van der Waals surface area contributed by atoms with Gasteiger partial charge in [0.1, 0.15) is 0 Å². The molecule has 0 amide bonds. The zero-order valence-electron chi connectivity index (χ0n) is 16.8. The summed E-state index contributed by atoms with van der Waals surface area (Å²) >= 11 is 0. The molecule has 1 saturated heterocycles. The van der Waals surface area contributed by atoms with Crippen LogP contribution in [0, 0.1) is 5.92 Å². The minimum atomic E-state index is -3.49. The number of aromatic nitrogens is 1. The molecule has 0 saturated carbocycles. The molecule has 3 N–H and O–H groups in total. The summed E-state index contributed by atoms with van der Waals surface area (Å²) in [7, 11) is -3.49. The third-order valence-electron chi connectivity index (χ3n) is 5.28. The summed E-state index contributed by atoms with van der Waals surface area (Å²) in [5.41, 5.74) is 2.47. The number of hydrogen-bond donors (Lipinski definition) is 3. The molecule has 2 heterocycles. The fraction of sp³-hybridized carbons (Fsp3) is 0.476. The van der Waals surface area contributed by atoms with E-state index in [-0.39, 0.29) is 0 Å². The number of anilines is 1. The average molecular weight is 419 g/mol. The van der Waals surface area contributed by atoms with Gasteiger partial charge in [0.2, 0.25) is 0 Å². The topological polar surface area (TPSA) is 94.6 Å². The molecule has 2 aromatic rings. The summed E-state index contributed by atoms with van der Waals surface area (Å²) in [6, 6.07) is 11.1. The van der Waals surface area contributed by atoms with Crippen molar-refractivity contribution in [2.24, 2.45) is 5.92 Å². The lowest BCUT2D eigenvalue weighted by Gasteiger charge is -2.29. The second-order valence-corrected chi connectivity index (χ2v) is 9.31. The van der Waals surface area contributed by atoms with E-state index in [1.54, 1.807) is 30.6 Å². The van der Waals surface area contributed by atoms with Crippen molar-refractivity contribution in [3.63, 3.8) is 0 Å². The minimum absolute atomic E-state index is 0.456. The minimum Gasteiger partial charge on any atom is -0.387 e. The monoisotopic (exact) mass is 418 g/mol. The van der Waals surface area contributed by atoms with Gasteiger partial charge >= 0.3 is 10.2 Å². The largest absolute Gasteiger partial charge is 0.387 e. The number of nitrogens with zero attached hydrogens (tertiary/aromatic N) is 2. The standard InChI is InChI=1S/C21H30N4O3S/c1-17-9-13-25(14-10-17)29(27,28)24-20-6-4-18(5-7-20)8-12-23-16-21(26)19-3-2-11-22-15-19/h2-7,11,15,17,21,23-24,26H,8-10,12-14,16H2,1H3/t21-/m0/s1. The summed E-state index contributed by atoms with van der Waals surface area (Å²) in [4.78, 5) is 4.01. The van der Waals surface area contributed by atoms with Crippen LogP contribution in [0.4, 0.5) is 5.69 Å². The lowest BCUT2D eigenvalue weighted by molar-refractivity contribution is 0.174. The van der Waals surface area contributed by atoms with Crippen molar-refractivity contribution in [3.05, 3.63) is 59.9 Å². The van der Waals surface area contributed by atoms with Crippen LogP contribution < -0.4 is 10.0 Å². The van der Waals surface area contributed by atoms with Gasteiger partial charge in [0.15, 0.2) is 0 Å². The van der Waals surface area contributed by atoms with Crippen LogP contribution in [0.1, 0.15) is 37.0 Å². The Balaban J connectivity index is 1.43. The number of pyridine rings is 1. The molecule has 8 heteroatoms. The number of rotatable bonds is 9. The predicted octanol–water partition coefficient (Wildman–Crippen LogP) is 2.34. The van der Waals surface area contributed by atoms with E-state index in [0.717, 1.165) is 30.4 Å². The third-order valence-corrected chi connectivity index (χ3v) is 6.82. The highest BCUT2D eigenvalue weighted by Crippen LogP contribution is 2.20. The first-order valence-corrected chi connectivity index (χ1v) is 11.5. The number of nitrogens with one attached hydrogen (secondary N) is 2. The summed E-state index contributed by atoms with van der Waals surface area (Å²) in [6.07, 6.45) is 5.36. The van der Waals surface area contributed by atoms with Crippen LogP contribution in [0.5, 0.6) is 0 Å². The first-order chi connectivity index (χ1) is 13.9. The molecular formula is C21H30N4O3S. The van der Waals surface area contributed by atoms with Gasteiger partial charge < -0.3 is 10.4 Å². The quantitative estimate of drug-likeness (QED) is 0.544. The van der Waals surface area contributed by atoms with Gasteiger partial charge in [-0.3, -0.25) is 9.71 Å². The Morgan fingerprint density at radius 3 is 2.59 bits per heavy atom.